The molecule has 1 N–H and O–H groups in total. The summed E-state index contributed by atoms with van der Waals surface area (Å²) in [5.41, 5.74) is 3.21. The maximum absolute atomic E-state index is 5.38. The lowest BCUT2D eigenvalue weighted by Crippen LogP contribution is -2.39. The van der Waals surface area contributed by atoms with E-state index in [0.29, 0.717) is 0 Å². The molecule has 0 spiro atoms. The predicted octanol–water partition coefficient (Wildman–Crippen LogP) is 3.05. The second kappa shape index (κ2) is 6.73. The highest BCUT2D eigenvalue weighted by molar-refractivity contribution is 9.10. The minimum absolute atomic E-state index is 0.851. The Labute approximate surface area is 133 Å². The van der Waals surface area contributed by atoms with Crippen LogP contribution in [0, 0.1) is 6.92 Å². The molecule has 0 saturated carbocycles. The van der Waals surface area contributed by atoms with Gasteiger partial charge in [0.25, 0.3) is 0 Å². The quantitative estimate of drug-likeness (QED) is 0.920. The highest BCUT2D eigenvalue weighted by atomic mass is 79.9. The van der Waals surface area contributed by atoms with Crippen molar-refractivity contribution in [3.63, 3.8) is 0 Å². The molecule has 0 aliphatic carbocycles. The van der Waals surface area contributed by atoms with Crippen LogP contribution in [0.15, 0.2) is 28.7 Å². The molecule has 3 rings (SSSR count). The summed E-state index contributed by atoms with van der Waals surface area (Å²) < 4.78 is 6.42. The lowest BCUT2D eigenvalue weighted by molar-refractivity contribution is 0.0398. The number of aromatic nitrogens is 1. The minimum Gasteiger partial charge on any atom is -0.383 e. The highest BCUT2D eigenvalue weighted by Gasteiger charge is 2.10. The fourth-order valence-corrected chi connectivity index (χ4v) is 3.12. The number of aryl methyl sites for hydroxylation is 1. The summed E-state index contributed by atoms with van der Waals surface area (Å²) in [5, 5.41) is 4.72. The molecule has 1 aliphatic heterocycles. The molecule has 1 saturated heterocycles. The molecule has 2 aromatic rings. The van der Waals surface area contributed by atoms with Gasteiger partial charge in [-0.2, -0.15) is 0 Å². The van der Waals surface area contributed by atoms with Gasteiger partial charge in [-0.25, -0.2) is 0 Å². The van der Waals surface area contributed by atoms with Gasteiger partial charge in [0.1, 0.15) is 0 Å². The number of anilines is 1. The van der Waals surface area contributed by atoms with Gasteiger partial charge in [-0.3, -0.25) is 9.88 Å². The summed E-state index contributed by atoms with van der Waals surface area (Å²) in [6.45, 7) is 7.78. The van der Waals surface area contributed by atoms with Crippen LogP contribution in [0.25, 0.3) is 10.9 Å². The number of hydrogen-bond acceptors (Lipinski definition) is 4. The first-order valence-corrected chi connectivity index (χ1v) is 8.13. The van der Waals surface area contributed by atoms with E-state index in [-0.39, 0.29) is 0 Å². The number of benzene rings is 1. The summed E-state index contributed by atoms with van der Waals surface area (Å²) in [4.78, 5) is 7.05. The molecule has 1 aliphatic rings. The van der Waals surface area contributed by atoms with Crippen LogP contribution < -0.4 is 5.32 Å². The van der Waals surface area contributed by atoms with E-state index in [9.17, 15) is 0 Å². The standard InChI is InChI=1S/C16H20BrN3O/c1-12-11-15(13-3-2-4-14(17)16(13)19-12)18-5-6-20-7-9-21-10-8-20/h2-4,11H,5-10H2,1H3,(H,18,19). The zero-order valence-electron chi connectivity index (χ0n) is 12.2. The van der Waals surface area contributed by atoms with Gasteiger partial charge in [-0.15, -0.1) is 0 Å². The number of fused-ring (bicyclic) bond motifs is 1. The van der Waals surface area contributed by atoms with E-state index in [1.54, 1.807) is 0 Å². The molecule has 0 amide bonds. The van der Waals surface area contributed by atoms with Gasteiger partial charge in [-0.05, 0) is 35.0 Å². The summed E-state index contributed by atoms with van der Waals surface area (Å²) in [7, 11) is 0. The fourth-order valence-electron chi connectivity index (χ4n) is 2.66. The van der Waals surface area contributed by atoms with E-state index in [2.05, 4.69) is 49.3 Å². The first-order valence-electron chi connectivity index (χ1n) is 7.34. The van der Waals surface area contributed by atoms with Crippen LogP contribution >= 0.6 is 15.9 Å². The maximum Gasteiger partial charge on any atom is 0.0867 e. The lowest BCUT2D eigenvalue weighted by atomic mass is 10.1. The van der Waals surface area contributed by atoms with Crippen molar-refractivity contribution in [3.05, 3.63) is 34.4 Å². The molecule has 21 heavy (non-hydrogen) atoms. The summed E-state index contributed by atoms with van der Waals surface area (Å²) in [5.74, 6) is 0. The number of rotatable bonds is 4. The molecule has 0 unspecified atom stereocenters. The van der Waals surface area contributed by atoms with Crippen molar-refractivity contribution in [3.8, 4) is 0 Å². The van der Waals surface area contributed by atoms with Gasteiger partial charge in [0.2, 0.25) is 0 Å². The van der Waals surface area contributed by atoms with E-state index in [1.807, 2.05) is 13.0 Å². The van der Waals surface area contributed by atoms with Crippen LogP contribution in [0.5, 0.6) is 0 Å². The summed E-state index contributed by atoms with van der Waals surface area (Å²) >= 11 is 3.58. The third-order valence-electron chi connectivity index (χ3n) is 3.77. The smallest absolute Gasteiger partial charge is 0.0867 e. The van der Waals surface area contributed by atoms with Crippen molar-refractivity contribution in [2.45, 2.75) is 6.92 Å². The van der Waals surface area contributed by atoms with Crippen molar-refractivity contribution < 1.29 is 4.74 Å². The fraction of sp³-hybridized carbons (Fsp3) is 0.438. The van der Waals surface area contributed by atoms with E-state index in [0.717, 1.165) is 66.1 Å². The van der Waals surface area contributed by atoms with E-state index in [1.165, 1.54) is 0 Å². The summed E-state index contributed by atoms with van der Waals surface area (Å²) in [6.07, 6.45) is 0. The Bertz CT molecular complexity index is 626. The Hall–Kier alpha value is -1.17. The van der Waals surface area contributed by atoms with Gasteiger partial charge >= 0.3 is 0 Å². The van der Waals surface area contributed by atoms with Gasteiger partial charge in [0.15, 0.2) is 0 Å². The Morgan fingerprint density at radius 3 is 2.95 bits per heavy atom. The van der Waals surface area contributed by atoms with Gasteiger partial charge < -0.3 is 10.1 Å². The number of para-hydroxylation sites is 1. The number of halogens is 1. The third kappa shape index (κ3) is 3.54. The van der Waals surface area contributed by atoms with Crippen molar-refractivity contribution >= 4 is 32.5 Å². The third-order valence-corrected chi connectivity index (χ3v) is 4.41. The number of pyridine rings is 1. The van der Waals surface area contributed by atoms with Crippen molar-refractivity contribution in [2.24, 2.45) is 0 Å². The van der Waals surface area contributed by atoms with Crippen LogP contribution in [-0.4, -0.2) is 49.3 Å². The molecule has 1 aromatic carbocycles. The van der Waals surface area contributed by atoms with Crippen molar-refractivity contribution in [1.29, 1.82) is 0 Å². The number of nitrogens with one attached hydrogen (secondary N) is 1. The highest BCUT2D eigenvalue weighted by Crippen LogP contribution is 2.28. The minimum atomic E-state index is 0.851. The molecule has 1 aromatic heterocycles. The van der Waals surface area contributed by atoms with Gasteiger partial charge in [0.05, 0.1) is 18.7 Å². The molecule has 112 valence electrons. The maximum atomic E-state index is 5.38. The Kier molecular flexibility index (Phi) is 4.73. The lowest BCUT2D eigenvalue weighted by Gasteiger charge is -2.26. The number of hydrogen-bond donors (Lipinski definition) is 1. The topological polar surface area (TPSA) is 37.4 Å². The molecule has 1 fully saturated rings. The van der Waals surface area contributed by atoms with Crippen LogP contribution in [0.4, 0.5) is 5.69 Å². The molecule has 4 nitrogen and oxygen atoms in total. The second-order valence-corrected chi connectivity index (χ2v) is 6.18. The molecule has 2 heterocycles. The SMILES string of the molecule is Cc1cc(NCCN2CCOCC2)c2cccc(Br)c2n1. The monoisotopic (exact) mass is 349 g/mol. The second-order valence-electron chi connectivity index (χ2n) is 5.33. The Morgan fingerprint density at radius 2 is 2.14 bits per heavy atom. The first-order chi connectivity index (χ1) is 10.2. The number of morpholine rings is 1. The average Bonchev–Trinajstić information content (AvgIpc) is 2.49. The predicted molar refractivity (Wildman–Crippen MR) is 89.9 cm³/mol. The Balaban J connectivity index is 1.72. The van der Waals surface area contributed by atoms with Crippen LogP contribution in [0.2, 0.25) is 0 Å². The molecular formula is C16H20BrN3O. The van der Waals surface area contributed by atoms with Crippen LogP contribution in [0.1, 0.15) is 5.69 Å². The van der Waals surface area contributed by atoms with Gasteiger partial charge in [0, 0.05) is 47.4 Å². The van der Waals surface area contributed by atoms with Crippen LogP contribution in [-0.2, 0) is 4.74 Å². The van der Waals surface area contributed by atoms with Crippen molar-refractivity contribution in [2.75, 3.05) is 44.7 Å². The molecule has 5 heteroatoms. The van der Waals surface area contributed by atoms with Gasteiger partial charge in [-0.1, -0.05) is 12.1 Å². The zero-order chi connectivity index (χ0) is 14.7. The average molecular weight is 350 g/mol. The molecular weight excluding hydrogens is 330 g/mol. The molecule has 0 radical (unpaired) electrons. The largest absolute Gasteiger partial charge is 0.383 e. The number of nitrogens with zero attached hydrogens (tertiary/aromatic N) is 2. The normalized spacial score (nSPS) is 16.3. The van der Waals surface area contributed by atoms with E-state index < -0.39 is 0 Å². The van der Waals surface area contributed by atoms with Crippen LogP contribution in [0.3, 0.4) is 0 Å². The first kappa shape index (κ1) is 14.8. The van der Waals surface area contributed by atoms with Crippen molar-refractivity contribution in [1.82, 2.24) is 9.88 Å². The zero-order valence-corrected chi connectivity index (χ0v) is 13.8. The molecule has 0 atom stereocenters. The number of ether oxygens (including phenoxy) is 1. The van der Waals surface area contributed by atoms with E-state index >= 15 is 0 Å². The Morgan fingerprint density at radius 1 is 1.33 bits per heavy atom. The van der Waals surface area contributed by atoms with E-state index in [4.69, 9.17) is 4.74 Å². The molecule has 0 bridgehead atoms. The summed E-state index contributed by atoms with van der Waals surface area (Å²) in [6, 6.07) is 8.32.